The van der Waals surface area contributed by atoms with Crippen molar-refractivity contribution in [3.05, 3.63) is 52.6 Å². The van der Waals surface area contributed by atoms with Crippen LogP contribution in [0.15, 0.2) is 40.0 Å². The van der Waals surface area contributed by atoms with Crippen molar-refractivity contribution in [1.29, 1.82) is 0 Å². The number of fused-ring (bicyclic) bond motifs is 1. The minimum Gasteiger partial charge on any atom is -0.338 e. The van der Waals surface area contributed by atoms with E-state index in [4.69, 9.17) is 16.1 Å². The first-order valence-corrected chi connectivity index (χ1v) is 8.87. The van der Waals surface area contributed by atoms with E-state index >= 15 is 0 Å². The van der Waals surface area contributed by atoms with Crippen molar-refractivity contribution in [3.63, 3.8) is 0 Å². The van der Waals surface area contributed by atoms with Crippen molar-refractivity contribution >= 4 is 29.1 Å². The van der Waals surface area contributed by atoms with Gasteiger partial charge in [-0.2, -0.15) is 9.97 Å². The third kappa shape index (κ3) is 3.35. The number of hydrogen-bond donors (Lipinski definition) is 0. The Morgan fingerprint density at radius 3 is 2.72 bits per heavy atom. The molecule has 0 fully saturated rings. The first-order valence-electron chi connectivity index (χ1n) is 7.51. The molecule has 4 rings (SSSR count). The molecule has 0 atom stereocenters. The summed E-state index contributed by atoms with van der Waals surface area (Å²) in [5.41, 5.74) is 2.76. The number of rotatable bonds is 4. The van der Waals surface area contributed by atoms with Crippen LogP contribution in [0.1, 0.15) is 17.3 Å². The van der Waals surface area contributed by atoms with Gasteiger partial charge in [0.25, 0.3) is 5.78 Å². The molecule has 0 aliphatic carbocycles. The number of benzene rings is 1. The first kappa shape index (κ1) is 16.0. The van der Waals surface area contributed by atoms with E-state index in [0.29, 0.717) is 33.4 Å². The Labute approximate surface area is 152 Å². The molecule has 1 aromatic carbocycles. The molecule has 0 N–H and O–H groups in total. The van der Waals surface area contributed by atoms with Crippen molar-refractivity contribution in [1.82, 2.24) is 29.7 Å². The SMILES string of the molecule is Cc1cc(C)n2nc(SCc3nc(-c4ccc(Cl)cc4)no3)nc2n1. The van der Waals surface area contributed by atoms with Crippen LogP contribution in [0.5, 0.6) is 0 Å². The van der Waals surface area contributed by atoms with Gasteiger partial charge >= 0.3 is 0 Å². The summed E-state index contributed by atoms with van der Waals surface area (Å²) in [6.07, 6.45) is 0. The number of aromatic nitrogens is 6. The average molecular weight is 373 g/mol. The van der Waals surface area contributed by atoms with E-state index in [2.05, 4.69) is 25.2 Å². The van der Waals surface area contributed by atoms with Crippen LogP contribution in [-0.2, 0) is 5.75 Å². The van der Waals surface area contributed by atoms with Gasteiger partial charge in [0.2, 0.25) is 16.9 Å². The monoisotopic (exact) mass is 372 g/mol. The van der Waals surface area contributed by atoms with Crippen LogP contribution in [0, 0.1) is 13.8 Å². The van der Waals surface area contributed by atoms with E-state index in [-0.39, 0.29) is 0 Å². The Morgan fingerprint density at radius 2 is 1.92 bits per heavy atom. The third-order valence-corrected chi connectivity index (χ3v) is 4.57. The number of thioether (sulfide) groups is 1. The van der Waals surface area contributed by atoms with Gasteiger partial charge in [0, 0.05) is 22.0 Å². The molecular formula is C16H13ClN6OS. The topological polar surface area (TPSA) is 82.0 Å². The number of hydrogen-bond acceptors (Lipinski definition) is 7. The van der Waals surface area contributed by atoms with Crippen LogP contribution in [0.2, 0.25) is 5.02 Å². The van der Waals surface area contributed by atoms with Crippen molar-refractivity contribution in [2.24, 2.45) is 0 Å². The largest absolute Gasteiger partial charge is 0.338 e. The van der Waals surface area contributed by atoms with Crippen LogP contribution in [0.3, 0.4) is 0 Å². The second kappa shape index (κ2) is 6.45. The molecule has 0 unspecified atom stereocenters. The van der Waals surface area contributed by atoms with E-state index < -0.39 is 0 Å². The Hall–Kier alpha value is -2.45. The van der Waals surface area contributed by atoms with Gasteiger partial charge in [-0.05, 0) is 44.2 Å². The summed E-state index contributed by atoms with van der Waals surface area (Å²) < 4.78 is 7.02. The normalized spacial score (nSPS) is 11.3. The molecule has 0 aliphatic heterocycles. The van der Waals surface area contributed by atoms with E-state index in [0.717, 1.165) is 17.0 Å². The van der Waals surface area contributed by atoms with Crippen LogP contribution in [0.25, 0.3) is 17.2 Å². The van der Waals surface area contributed by atoms with Crippen molar-refractivity contribution < 1.29 is 4.52 Å². The van der Waals surface area contributed by atoms with E-state index in [1.807, 2.05) is 32.0 Å². The fourth-order valence-corrected chi connectivity index (χ4v) is 3.15. The highest BCUT2D eigenvalue weighted by Crippen LogP contribution is 2.23. The molecule has 0 saturated heterocycles. The van der Waals surface area contributed by atoms with Crippen molar-refractivity contribution in [2.45, 2.75) is 24.8 Å². The lowest BCUT2D eigenvalue weighted by molar-refractivity contribution is 0.391. The van der Waals surface area contributed by atoms with Gasteiger partial charge in [0.1, 0.15) is 0 Å². The molecule has 0 radical (unpaired) electrons. The van der Waals surface area contributed by atoms with E-state index in [1.54, 1.807) is 16.6 Å². The van der Waals surface area contributed by atoms with Crippen LogP contribution in [-0.4, -0.2) is 29.7 Å². The van der Waals surface area contributed by atoms with Crippen LogP contribution >= 0.6 is 23.4 Å². The maximum absolute atomic E-state index is 5.89. The third-order valence-electron chi connectivity index (χ3n) is 3.49. The van der Waals surface area contributed by atoms with Crippen molar-refractivity contribution in [3.8, 4) is 11.4 Å². The molecule has 0 aliphatic rings. The molecule has 25 heavy (non-hydrogen) atoms. The van der Waals surface area contributed by atoms with Gasteiger partial charge in [-0.25, -0.2) is 9.50 Å². The van der Waals surface area contributed by atoms with Gasteiger partial charge in [0.05, 0.1) is 5.75 Å². The summed E-state index contributed by atoms with van der Waals surface area (Å²) in [6, 6.07) is 9.25. The minimum absolute atomic E-state index is 0.482. The zero-order chi connectivity index (χ0) is 17.4. The fraction of sp³-hybridized carbons (Fsp3) is 0.188. The number of halogens is 1. The molecule has 3 heterocycles. The molecule has 9 heteroatoms. The molecule has 3 aromatic heterocycles. The Bertz CT molecular complexity index is 1040. The molecule has 7 nitrogen and oxygen atoms in total. The second-order valence-corrected chi connectivity index (χ2v) is 6.83. The number of nitrogens with zero attached hydrogens (tertiary/aromatic N) is 6. The number of aryl methyl sites for hydroxylation is 2. The summed E-state index contributed by atoms with van der Waals surface area (Å²) in [6.45, 7) is 3.91. The molecule has 0 bridgehead atoms. The quantitative estimate of drug-likeness (QED) is 0.504. The summed E-state index contributed by atoms with van der Waals surface area (Å²) in [4.78, 5) is 13.2. The van der Waals surface area contributed by atoms with Gasteiger partial charge in [0.15, 0.2) is 0 Å². The standard InChI is InChI=1S/C16H13ClN6OS/c1-9-7-10(2)23-15(18-9)20-16(21-23)25-8-13-19-14(22-24-13)11-3-5-12(17)6-4-11/h3-7H,8H2,1-2H3. The lowest BCUT2D eigenvalue weighted by Crippen LogP contribution is -1.97. The summed E-state index contributed by atoms with van der Waals surface area (Å²) in [7, 11) is 0. The highest BCUT2D eigenvalue weighted by Gasteiger charge is 2.12. The predicted octanol–water partition coefficient (Wildman–Crippen LogP) is 3.74. The molecular weight excluding hydrogens is 360 g/mol. The highest BCUT2D eigenvalue weighted by molar-refractivity contribution is 7.98. The smallest absolute Gasteiger partial charge is 0.253 e. The summed E-state index contributed by atoms with van der Waals surface area (Å²) in [5.74, 6) is 2.11. The Kier molecular flexibility index (Phi) is 4.14. The molecule has 0 amide bonds. The van der Waals surface area contributed by atoms with Crippen molar-refractivity contribution in [2.75, 3.05) is 0 Å². The van der Waals surface area contributed by atoms with E-state index in [9.17, 15) is 0 Å². The Morgan fingerprint density at radius 1 is 1.12 bits per heavy atom. The van der Waals surface area contributed by atoms with E-state index in [1.165, 1.54) is 11.8 Å². The maximum atomic E-state index is 5.89. The lowest BCUT2D eigenvalue weighted by atomic mass is 10.2. The average Bonchev–Trinajstić information content (AvgIpc) is 3.20. The zero-order valence-corrected chi connectivity index (χ0v) is 15.0. The van der Waals surface area contributed by atoms with Gasteiger partial charge in [-0.1, -0.05) is 28.5 Å². The molecule has 126 valence electrons. The second-order valence-electron chi connectivity index (χ2n) is 5.45. The predicted molar refractivity (Wildman–Crippen MR) is 94.6 cm³/mol. The summed E-state index contributed by atoms with van der Waals surface area (Å²) in [5, 5.41) is 9.73. The highest BCUT2D eigenvalue weighted by atomic mass is 35.5. The van der Waals surface area contributed by atoms with Gasteiger partial charge < -0.3 is 4.52 Å². The van der Waals surface area contributed by atoms with Gasteiger partial charge in [-0.15, -0.1) is 5.10 Å². The van der Waals surface area contributed by atoms with Crippen LogP contribution < -0.4 is 0 Å². The molecule has 4 aromatic rings. The zero-order valence-electron chi connectivity index (χ0n) is 13.5. The minimum atomic E-state index is 0.482. The fourth-order valence-electron chi connectivity index (χ4n) is 2.37. The molecule has 0 saturated carbocycles. The van der Waals surface area contributed by atoms with Crippen LogP contribution in [0.4, 0.5) is 0 Å². The lowest BCUT2D eigenvalue weighted by Gasteiger charge is -1.97. The first-order chi connectivity index (χ1) is 12.1. The molecule has 0 spiro atoms. The summed E-state index contributed by atoms with van der Waals surface area (Å²) >= 11 is 7.31. The Balaban J connectivity index is 1.50. The van der Waals surface area contributed by atoms with Gasteiger partial charge in [-0.3, -0.25) is 0 Å². The maximum Gasteiger partial charge on any atom is 0.253 e.